The average molecular weight is 197 g/mol. The Morgan fingerprint density at radius 3 is 3.00 bits per heavy atom. The molecular weight excluding hydrogens is 188 g/mol. The van der Waals surface area contributed by atoms with Crippen LogP contribution in [-0.4, -0.2) is 10.1 Å². The highest BCUT2D eigenvalue weighted by atomic mass is 35.5. The number of nitriles is 1. The zero-order valence-electron chi connectivity index (χ0n) is 7.16. The Morgan fingerprint density at radius 2 is 2.46 bits per heavy atom. The summed E-state index contributed by atoms with van der Waals surface area (Å²) in [5.74, 6) is 0. The molecule has 1 aromatic heterocycles. The molecule has 0 saturated carbocycles. The minimum absolute atomic E-state index is 0.0351. The smallest absolute Gasteiger partial charge is 0.129 e. The lowest BCUT2D eigenvalue weighted by atomic mass is 9.94. The van der Waals surface area contributed by atoms with E-state index in [9.17, 15) is 5.11 Å². The molecule has 13 heavy (non-hydrogen) atoms. The molecule has 0 fully saturated rings. The van der Waals surface area contributed by atoms with Crippen molar-refractivity contribution >= 4 is 11.6 Å². The molecule has 0 bridgehead atoms. The Balaban J connectivity index is 3.01. The molecule has 0 aliphatic heterocycles. The number of pyridine rings is 1. The summed E-state index contributed by atoms with van der Waals surface area (Å²) in [5.41, 5.74) is -0.546. The van der Waals surface area contributed by atoms with Crippen molar-refractivity contribution in [3.05, 3.63) is 29.0 Å². The van der Waals surface area contributed by atoms with Crippen LogP contribution >= 0.6 is 11.6 Å². The lowest BCUT2D eigenvalue weighted by Crippen LogP contribution is -2.20. The average Bonchev–Trinajstić information content (AvgIpc) is 2.04. The largest absolute Gasteiger partial charge is 0.384 e. The Morgan fingerprint density at radius 1 is 1.77 bits per heavy atom. The molecular formula is C9H9ClN2O. The molecule has 68 valence electrons. The van der Waals surface area contributed by atoms with E-state index in [0.29, 0.717) is 10.7 Å². The number of aromatic nitrogens is 1. The van der Waals surface area contributed by atoms with E-state index in [-0.39, 0.29) is 6.42 Å². The molecule has 4 heteroatoms. The molecule has 0 aromatic carbocycles. The van der Waals surface area contributed by atoms with E-state index >= 15 is 0 Å². The van der Waals surface area contributed by atoms with Crippen LogP contribution < -0.4 is 0 Å². The molecule has 0 saturated heterocycles. The highest BCUT2D eigenvalue weighted by molar-refractivity contribution is 6.29. The fourth-order valence-electron chi connectivity index (χ4n) is 0.993. The van der Waals surface area contributed by atoms with Gasteiger partial charge >= 0.3 is 0 Å². The van der Waals surface area contributed by atoms with Gasteiger partial charge in [-0.3, -0.25) is 0 Å². The third-order valence-electron chi connectivity index (χ3n) is 1.77. The van der Waals surface area contributed by atoms with Crippen LogP contribution in [-0.2, 0) is 5.60 Å². The lowest BCUT2D eigenvalue weighted by molar-refractivity contribution is 0.0623. The maximum absolute atomic E-state index is 9.80. The van der Waals surface area contributed by atoms with Crippen molar-refractivity contribution in [1.82, 2.24) is 4.98 Å². The fourth-order valence-corrected chi connectivity index (χ4v) is 1.17. The van der Waals surface area contributed by atoms with Gasteiger partial charge in [0.05, 0.1) is 18.1 Å². The van der Waals surface area contributed by atoms with Crippen LogP contribution in [0.25, 0.3) is 0 Å². The molecule has 1 atom stereocenters. The second kappa shape index (κ2) is 3.73. The maximum Gasteiger partial charge on any atom is 0.129 e. The molecule has 1 rings (SSSR count). The molecule has 1 unspecified atom stereocenters. The summed E-state index contributed by atoms with van der Waals surface area (Å²) in [6, 6.07) is 5.11. The predicted octanol–water partition coefficient (Wildman–Crippen LogP) is 1.86. The first-order valence-corrected chi connectivity index (χ1v) is 4.15. The van der Waals surface area contributed by atoms with Crippen molar-refractivity contribution in [2.75, 3.05) is 0 Å². The van der Waals surface area contributed by atoms with Crippen molar-refractivity contribution in [3.63, 3.8) is 0 Å². The van der Waals surface area contributed by atoms with Crippen LogP contribution in [0.1, 0.15) is 18.9 Å². The van der Waals surface area contributed by atoms with Gasteiger partial charge in [-0.05, 0) is 24.6 Å². The second-order valence-electron chi connectivity index (χ2n) is 2.98. The quantitative estimate of drug-likeness (QED) is 0.735. The highest BCUT2D eigenvalue weighted by Crippen LogP contribution is 2.24. The van der Waals surface area contributed by atoms with E-state index in [0.717, 1.165) is 0 Å². The van der Waals surface area contributed by atoms with Gasteiger partial charge in [-0.15, -0.1) is 0 Å². The first kappa shape index (κ1) is 9.97. The van der Waals surface area contributed by atoms with Gasteiger partial charge in [0, 0.05) is 6.20 Å². The van der Waals surface area contributed by atoms with Gasteiger partial charge < -0.3 is 5.11 Å². The van der Waals surface area contributed by atoms with Crippen molar-refractivity contribution in [3.8, 4) is 6.07 Å². The molecule has 3 nitrogen and oxygen atoms in total. The number of rotatable bonds is 2. The SMILES string of the molecule is CC(O)(CC#N)c1ccnc(Cl)c1. The highest BCUT2D eigenvalue weighted by Gasteiger charge is 2.22. The molecule has 1 heterocycles. The molecule has 0 aliphatic rings. The maximum atomic E-state index is 9.80. The van der Waals surface area contributed by atoms with Crippen LogP contribution in [0.2, 0.25) is 5.15 Å². The third kappa shape index (κ3) is 2.41. The normalized spacial score (nSPS) is 14.6. The van der Waals surface area contributed by atoms with Crippen molar-refractivity contribution in [2.45, 2.75) is 18.9 Å². The van der Waals surface area contributed by atoms with E-state index in [1.165, 1.54) is 6.20 Å². The zero-order chi connectivity index (χ0) is 9.90. The van der Waals surface area contributed by atoms with E-state index < -0.39 is 5.60 Å². The van der Waals surface area contributed by atoms with Gasteiger partial charge in [0.25, 0.3) is 0 Å². The number of halogens is 1. The Kier molecular flexibility index (Phi) is 2.86. The molecule has 0 amide bonds. The summed E-state index contributed by atoms with van der Waals surface area (Å²) in [6.07, 6.45) is 1.54. The van der Waals surface area contributed by atoms with Gasteiger partial charge in [0.2, 0.25) is 0 Å². The van der Waals surface area contributed by atoms with Crippen LogP contribution in [0, 0.1) is 11.3 Å². The van der Waals surface area contributed by atoms with Crippen molar-refractivity contribution in [2.24, 2.45) is 0 Å². The summed E-state index contributed by atoms with van der Waals surface area (Å²) in [5, 5.41) is 18.6. The van der Waals surface area contributed by atoms with Crippen molar-refractivity contribution in [1.29, 1.82) is 5.26 Å². The van der Waals surface area contributed by atoms with Gasteiger partial charge in [-0.2, -0.15) is 5.26 Å². The van der Waals surface area contributed by atoms with Gasteiger partial charge in [-0.25, -0.2) is 4.98 Å². The zero-order valence-corrected chi connectivity index (χ0v) is 7.91. The summed E-state index contributed by atoms with van der Waals surface area (Å²) in [7, 11) is 0. The third-order valence-corrected chi connectivity index (χ3v) is 1.98. The molecule has 0 aliphatic carbocycles. The van der Waals surface area contributed by atoms with Gasteiger partial charge in [0.1, 0.15) is 5.15 Å². The van der Waals surface area contributed by atoms with E-state index in [1.807, 2.05) is 6.07 Å². The topological polar surface area (TPSA) is 56.9 Å². The van der Waals surface area contributed by atoms with Crippen molar-refractivity contribution < 1.29 is 5.11 Å². The Hall–Kier alpha value is -1.11. The Bertz CT molecular complexity index is 344. The molecule has 1 N–H and O–H groups in total. The summed E-state index contributed by atoms with van der Waals surface area (Å²) < 4.78 is 0. The number of nitrogens with zero attached hydrogens (tertiary/aromatic N) is 2. The van der Waals surface area contributed by atoms with E-state index in [2.05, 4.69) is 4.98 Å². The monoisotopic (exact) mass is 196 g/mol. The summed E-state index contributed by atoms with van der Waals surface area (Å²) >= 11 is 5.65. The molecule has 0 radical (unpaired) electrons. The van der Waals surface area contributed by atoms with Gasteiger partial charge in [0.15, 0.2) is 0 Å². The van der Waals surface area contributed by atoms with Crippen LogP contribution in [0.3, 0.4) is 0 Å². The number of hydrogen-bond donors (Lipinski definition) is 1. The van der Waals surface area contributed by atoms with Crippen LogP contribution in [0.4, 0.5) is 0 Å². The predicted molar refractivity (Wildman–Crippen MR) is 49.0 cm³/mol. The van der Waals surface area contributed by atoms with Gasteiger partial charge in [-0.1, -0.05) is 11.6 Å². The van der Waals surface area contributed by atoms with E-state index in [1.54, 1.807) is 19.1 Å². The number of aliphatic hydroxyl groups is 1. The molecule has 0 spiro atoms. The lowest BCUT2D eigenvalue weighted by Gasteiger charge is -2.19. The van der Waals surface area contributed by atoms with Crippen LogP contribution in [0.15, 0.2) is 18.3 Å². The fraction of sp³-hybridized carbons (Fsp3) is 0.333. The molecule has 1 aromatic rings. The number of hydrogen-bond acceptors (Lipinski definition) is 3. The van der Waals surface area contributed by atoms with Crippen LogP contribution in [0.5, 0.6) is 0 Å². The Labute approximate surface area is 81.6 Å². The minimum atomic E-state index is -1.15. The summed E-state index contributed by atoms with van der Waals surface area (Å²) in [6.45, 7) is 1.57. The first-order valence-electron chi connectivity index (χ1n) is 3.77. The van der Waals surface area contributed by atoms with E-state index in [4.69, 9.17) is 16.9 Å². The first-order chi connectivity index (χ1) is 6.06. The summed E-state index contributed by atoms with van der Waals surface area (Å²) in [4.78, 5) is 3.78. The standard InChI is InChI=1S/C9H9ClN2O/c1-9(13,3-4-11)7-2-5-12-8(10)6-7/h2,5-6,13H,3H2,1H3. The second-order valence-corrected chi connectivity index (χ2v) is 3.36. The minimum Gasteiger partial charge on any atom is -0.384 e.